The third kappa shape index (κ3) is 4.64. The van der Waals surface area contributed by atoms with Crippen LogP contribution in [0.4, 0.5) is 5.69 Å². The molecule has 33 heavy (non-hydrogen) atoms. The van der Waals surface area contributed by atoms with Crippen molar-refractivity contribution in [2.75, 3.05) is 5.32 Å². The van der Waals surface area contributed by atoms with Crippen molar-refractivity contribution in [3.05, 3.63) is 76.2 Å². The molecule has 0 saturated heterocycles. The Hall–Kier alpha value is -3.94. The third-order valence-electron chi connectivity index (χ3n) is 5.03. The number of hydrogen-bond donors (Lipinski definition) is 1. The second kappa shape index (κ2) is 8.54. The summed E-state index contributed by atoms with van der Waals surface area (Å²) in [4.78, 5) is 29.8. The minimum Gasteiger partial charge on any atom is -0.490 e. The van der Waals surface area contributed by atoms with E-state index in [1.807, 2.05) is 38.1 Å². The highest BCUT2D eigenvalue weighted by Gasteiger charge is 2.19. The first-order valence-electron chi connectivity index (χ1n) is 10.7. The van der Waals surface area contributed by atoms with Gasteiger partial charge in [0.2, 0.25) is 0 Å². The fourth-order valence-electron chi connectivity index (χ4n) is 3.30. The number of nitrogens with one attached hydrogen (secondary N) is 1. The van der Waals surface area contributed by atoms with E-state index in [-0.39, 0.29) is 28.9 Å². The van der Waals surface area contributed by atoms with Crippen molar-refractivity contribution in [1.82, 2.24) is 14.6 Å². The molecule has 2 aromatic heterocycles. The fraction of sp³-hybridized carbons (Fsp3) is 0.280. The van der Waals surface area contributed by atoms with Crippen LogP contribution in [-0.4, -0.2) is 26.6 Å². The zero-order valence-corrected chi connectivity index (χ0v) is 19.2. The summed E-state index contributed by atoms with van der Waals surface area (Å²) in [5.41, 5.74) is 1.58. The van der Waals surface area contributed by atoms with Crippen LogP contribution in [0.5, 0.6) is 5.75 Å². The number of amides is 1. The molecule has 4 aromatic rings. The summed E-state index contributed by atoms with van der Waals surface area (Å²) in [7, 11) is 0. The molecule has 2 aromatic carbocycles. The molecule has 0 bridgehead atoms. The lowest BCUT2D eigenvalue weighted by Crippen LogP contribution is -2.23. The van der Waals surface area contributed by atoms with E-state index < -0.39 is 11.5 Å². The van der Waals surface area contributed by atoms with Crippen LogP contribution >= 0.6 is 0 Å². The van der Waals surface area contributed by atoms with Gasteiger partial charge >= 0.3 is 11.4 Å². The molecule has 0 unspecified atom stereocenters. The Bertz CT molecular complexity index is 1360. The summed E-state index contributed by atoms with van der Waals surface area (Å²) >= 11 is 0. The number of anilines is 1. The number of benzene rings is 2. The van der Waals surface area contributed by atoms with E-state index >= 15 is 0 Å². The van der Waals surface area contributed by atoms with E-state index in [1.165, 1.54) is 6.20 Å². The van der Waals surface area contributed by atoms with Gasteiger partial charge in [-0.25, -0.2) is 4.98 Å². The first-order valence-corrected chi connectivity index (χ1v) is 10.7. The number of nitrogens with zero attached hydrogens (tertiary/aromatic N) is 3. The van der Waals surface area contributed by atoms with Gasteiger partial charge in [-0.2, -0.15) is 0 Å². The van der Waals surface area contributed by atoms with Crippen molar-refractivity contribution in [2.45, 2.75) is 46.1 Å². The molecular formula is C25H26N4O4. The average Bonchev–Trinajstić information content (AvgIpc) is 3.20. The minimum atomic E-state index is -0.545. The molecule has 0 fully saturated rings. The van der Waals surface area contributed by atoms with Gasteiger partial charge in [0.25, 0.3) is 11.8 Å². The number of fused-ring (bicyclic) bond motifs is 1. The maximum absolute atomic E-state index is 12.9. The van der Waals surface area contributed by atoms with E-state index in [0.717, 1.165) is 10.1 Å². The monoisotopic (exact) mass is 446 g/mol. The van der Waals surface area contributed by atoms with Crippen LogP contribution in [0.1, 0.15) is 50.5 Å². The molecule has 8 heteroatoms. The highest BCUT2D eigenvalue weighted by molar-refractivity contribution is 6.04. The number of hydrogen-bond acceptors (Lipinski definition) is 6. The SMILES string of the molecule is CC(C)Oc1ccccc1-c1nn2c(=O)c(NC(=O)c3ccc(C(C)(C)C)cc3)cnc2o1. The fourth-order valence-corrected chi connectivity index (χ4v) is 3.30. The molecule has 8 nitrogen and oxygen atoms in total. The minimum absolute atomic E-state index is 0.00367. The van der Waals surface area contributed by atoms with Gasteiger partial charge in [-0.05, 0) is 49.1 Å². The largest absolute Gasteiger partial charge is 0.490 e. The number of para-hydroxylation sites is 1. The van der Waals surface area contributed by atoms with Crippen molar-refractivity contribution in [3.63, 3.8) is 0 Å². The van der Waals surface area contributed by atoms with E-state index in [9.17, 15) is 9.59 Å². The molecule has 0 aliphatic heterocycles. The Labute approximate surface area is 191 Å². The highest BCUT2D eigenvalue weighted by Crippen LogP contribution is 2.30. The molecule has 0 atom stereocenters. The Morgan fingerprint density at radius 3 is 2.45 bits per heavy atom. The summed E-state index contributed by atoms with van der Waals surface area (Å²) in [6, 6.07) is 14.5. The first kappa shape index (κ1) is 22.3. The zero-order valence-electron chi connectivity index (χ0n) is 19.2. The molecular weight excluding hydrogens is 420 g/mol. The molecule has 170 valence electrons. The normalized spacial score (nSPS) is 11.7. The molecule has 0 aliphatic carbocycles. The number of ether oxygens (including phenoxy) is 1. The lowest BCUT2D eigenvalue weighted by atomic mass is 9.87. The van der Waals surface area contributed by atoms with Crippen LogP contribution < -0.4 is 15.6 Å². The molecule has 0 saturated carbocycles. The summed E-state index contributed by atoms with van der Waals surface area (Å²) in [5.74, 6) is 0.381. The van der Waals surface area contributed by atoms with E-state index in [0.29, 0.717) is 16.9 Å². The lowest BCUT2D eigenvalue weighted by molar-refractivity contribution is 0.102. The topological polar surface area (TPSA) is 98.7 Å². The second-order valence-corrected chi connectivity index (χ2v) is 9.02. The van der Waals surface area contributed by atoms with Crippen LogP contribution in [0.2, 0.25) is 0 Å². The number of rotatable bonds is 5. The Kier molecular flexibility index (Phi) is 5.76. The summed E-state index contributed by atoms with van der Waals surface area (Å²) in [5, 5.41) is 6.90. The van der Waals surface area contributed by atoms with Gasteiger partial charge in [0, 0.05) is 5.56 Å². The Balaban J connectivity index is 1.63. The standard InChI is InChI=1S/C25H26N4O4/c1-15(2)32-20-9-7-6-8-18(20)22-28-29-23(31)19(14-26-24(29)33-22)27-21(30)16-10-12-17(13-11-16)25(3,4)5/h6-15H,1-5H3,(H,27,30). The van der Waals surface area contributed by atoms with Crippen molar-refractivity contribution in [1.29, 1.82) is 0 Å². The number of aromatic nitrogens is 3. The van der Waals surface area contributed by atoms with E-state index in [2.05, 4.69) is 36.2 Å². The molecule has 0 aliphatic rings. The van der Waals surface area contributed by atoms with Crippen LogP contribution in [0.15, 0.2) is 63.9 Å². The number of carbonyl (C=O) groups is 1. The predicted molar refractivity (Wildman–Crippen MR) is 126 cm³/mol. The second-order valence-electron chi connectivity index (χ2n) is 9.02. The zero-order chi connectivity index (χ0) is 23.8. The van der Waals surface area contributed by atoms with Crippen molar-refractivity contribution < 1.29 is 13.9 Å². The maximum atomic E-state index is 12.9. The van der Waals surface area contributed by atoms with Gasteiger partial charge in [-0.3, -0.25) is 9.59 Å². The van der Waals surface area contributed by atoms with Gasteiger partial charge in [0.15, 0.2) is 0 Å². The Morgan fingerprint density at radius 2 is 1.79 bits per heavy atom. The first-order chi connectivity index (χ1) is 15.6. The maximum Gasteiger partial charge on any atom is 0.328 e. The van der Waals surface area contributed by atoms with Crippen molar-refractivity contribution >= 4 is 17.4 Å². The Morgan fingerprint density at radius 1 is 1.09 bits per heavy atom. The van der Waals surface area contributed by atoms with E-state index in [4.69, 9.17) is 9.15 Å². The molecule has 1 N–H and O–H groups in total. The summed E-state index contributed by atoms with van der Waals surface area (Å²) < 4.78 is 12.5. The summed E-state index contributed by atoms with van der Waals surface area (Å²) in [6.07, 6.45) is 1.22. The van der Waals surface area contributed by atoms with E-state index in [1.54, 1.807) is 24.3 Å². The van der Waals surface area contributed by atoms with Gasteiger partial charge in [-0.1, -0.05) is 45.0 Å². The molecule has 1 amide bonds. The quantitative estimate of drug-likeness (QED) is 0.478. The van der Waals surface area contributed by atoms with Gasteiger partial charge in [0.1, 0.15) is 11.4 Å². The lowest BCUT2D eigenvalue weighted by Gasteiger charge is -2.19. The van der Waals surface area contributed by atoms with Crippen LogP contribution in [-0.2, 0) is 5.41 Å². The molecule has 4 rings (SSSR count). The van der Waals surface area contributed by atoms with Crippen LogP contribution in [0.3, 0.4) is 0 Å². The van der Waals surface area contributed by atoms with Gasteiger partial charge < -0.3 is 14.5 Å². The molecule has 2 heterocycles. The third-order valence-corrected chi connectivity index (χ3v) is 5.03. The summed E-state index contributed by atoms with van der Waals surface area (Å²) in [6.45, 7) is 10.1. The van der Waals surface area contributed by atoms with Gasteiger partial charge in [-0.15, -0.1) is 9.61 Å². The highest BCUT2D eigenvalue weighted by atomic mass is 16.5. The predicted octanol–water partition coefficient (Wildman–Crippen LogP) is 4.69. The van der Waals surface area contributed by atoms with Crippen LogP contribution in [0.25, 0.3) is 17.3 Å². The average molecular weight is 447 g/mol. The van der Waals surface area contributed by atoms with Gasteiger partial charge in [0.05, 0.1) is 17.9 Å². The van der Waals surface area contributed by atoms with Crippen molar-refractivity contribution in [3.8, 4) is 17.2 Å². The number of carbonyl (C=O) groups excluding carboxylic acids is 1. The van der Waals surface area contributed by atoms with Crippen molar-refractivity contribution in [2.24, 2.45) is 0 Å². The molecule has 0 radical (unpaired) electrons. The molecule has 0 spiro atoms. The van der Waals surface area contributed by atoms with Crippen LogP contribution in [0, 0.1) is 0 Å². The smallest absolute Gasteiger partial charge is 0.328 e.